The van der Waals surface area contributed by atoms with Crippen LogP contribution >= 0.6 is 0 Å². The van der Waals surface area contributed by atoms with Crippen molar-refractivity contribution < 1.29 is 0 Å². The third-order valence-corrected chi connectivity index (χ3v) is 7.28. The molecule has 0 aromatic heterocycles. The number of aryl methyl sites for hydroxylation is 3. The second-order valence-corrected chi connectivity index (χ2v) is 9.26. The van der Waals surface area contributed by atoms with E-state index in [9.17, 15) is 0 Å². The van der Waals surface area contributed by atoms with Gasteiger partial charge in [-0.25, -0.2) is 0 Å². The summed E-state index contributed by atoms with van der Waals surface area (Å²) in [7, 11) is 0. The average Bonchev–Trinajstić information content (AvgIpc) is 2.55. The van der Waals surface area contributed by atoms with Crippen molar-refractivity contribution in [2.45, 2.75) is 67.3 Å². The molecule has 1 aliphatic heterocycles. The van der Waals surface area contributed by atoms with Gasteiger partial charge in [0.25, 0.3) is 0 Å². The first-order valence-corrected chi connectivity index (χ1v) is 10.5. The van der Waals surface area contributed by atoms with Crippen LogP contribution in [0.25, 0.3) is 0 Å². The number of hydrogen-bond donors (Lipinski definition) is 0. The number of nitrogens with zero attached hydrogens (tertiary/aromatic N) is 2. The fraction of sp³-hybridized carbons (Fsp3) is 0.667. The van der Waals surface area contributed by atoms with Gasteiger partial charge in [0, 0.05) is 24.8 Å². The van der Waals surface area contributed by atoms with E-state index in [1.807, 2.05) is 0 Å². The SMILES string of the molecule is C=C1N(c2c(C)cc(C)cc2C)CCCN1C1C(C)CC(C)C(C)C1C. The first-order valence-electron chi connectivity index (χ1n) is 10.5. The summed E-state index contributed by atoms with van der Waals surface area (Å²) in [5.74, 6) is 4.27. The largest absolute Gasteiger partial charge is 0.355 e. The van der Waals surface area contributed by atoms with Crippen molar-refractivity contribution in [2.24, 2.45) is 23.7 Å². The van der Waals surface area contributed by atoms with E-state index in [-0.39, 0.29) is 0 Å². The molecule has 2 heteroatoms. The fourth-order valence-electron chi connectivity index (χ4n) is 5.85. The lowest BCUT2D eigenvalue weighted by molar-refractivity contribution is 0.0266. The second-order valence-electron chi connectivity index (χ2n) is 9.26. The van der Waals surface area contributed by atoms with Crippen LogP contribution in [0.3, 0.4) is 0 Å². The first-order chi connectivity index (χ1) is 12.2. The molecule has 1 saturated carbocycles. The highest BCUT2D eigenvalue weighted by atomic mass is 15.4. The van der Waals surface area contributed by atoms with Gasteiger partial charge in [-0.2, -0.15) is 0 Å². The van der Waals surface area contributed by atoms with E-state index in [0.717, 1.165) is 30.8 Å². The van der Waals surface area contributed by atoms with Gasteiger partial charge < -0.3 is 9.80 Å². The topological polar surface area (TPSA) is 6.48 Å². The van der Waals surface area contributed by atoms with Crippen molar-refractivity contribution in [2.75, 3.05) is 18.0 Å². The van der Waals surface area contributed by atoms with Gasteiger partial charge in [-0.05, 0) is 68.4 Å². The molecule has 0 radical (unpaired) electrons. The van der Waals surface area contributed by atoms with Gasteiger partial charge in [0.15, 0.2) is 0 Å². The smallest absolute Gasteiger partial charge is 0.101 e. The van der Waals surface area contributed by atoms with Crippen molar-refractivity contribution in [3.8, 4) is 0 Å². The quantitative estimate of drug-likeness (QED) is 0.651. The molecule has 0 bridgehead atoms. The van der Waals surface area contributed by atoms with Gasteiger partial charge in [-0.15, -0.1) is 0 Å². The Balaban J connectivity index is 1.91. The van der Waals surface area contributed by atoms with Gasteiger partial charge in [-0.1, -0.05) is 52.0 Å². The first kappa shape index (κ1) is 19.3. The van der Waals surface area contributed by atoms with E-state index in [1.54, 1.807) is 0 Å². The fourth-order valence-corrected chi connectivity index (χ4v) is 5.85. The van der Waals surface area contributed by atoms with E-state index < -0.39 is 0 Å². The van der Waals surface area contributed by atoms with Crippen molar-refractivity contribution in [3.05, 3.63) is 41.2 Å². The zero-order valence-corrected chi connectivity index (χ0v) is 18.0. The molecule has 26 heavy (non-hydrogen) atoms. The lowest BCUT2D eigenvalue weighted by Gasteiger charge is -2.53. The van der Waals surface area contributed by atoms with E-state index >= 15 is 0 Å². The molecule has 1 aliphatic carbocycles. The predicted octanol–water partition coefficient (Wildman–Crippen LogP) is 5.91. The number of rotatable bonds is 2. The Hall–Kier alpha value is -1.44. The monoisotopic (exact) mass is 354 g/mol. The van der Waals surface area contributed by atoms with Crippen LogP contribution in [0, 0.1) is 44.4 Å². The molecule has 0 spiro atoms. The van der Waals surface area contributed by atoms with Crippen LogP contribution in [-0.4, -0.2) is 24.0 Å². The Labute approximate surface area is 161 Å². The van der Waals surface area contributed by atoms with Gasteiger partial charge in [0.1, 0.15) is 5.82 Å². The minimum absolute atomic E-state index is 0.613. The van der Waals surface area contributed by atoms with Crippen LogP contribution in [0.4, 0.5) is 5.69 Å². The maximum Gasteiger partial charge on any atom is 0.101 e. The lowest BCUT2D eigenvalue weighted by Crippen LogP contribution is -2.55. The Morgan fingerprint density at radius 2 is 1.50 bits per heavy atom. The van der Waals surface area contributed by atoms with Gasteiger partial charge in [0.05, 0.1) is 0 Å². The van der Waals surface area contributed by atoms with Gasteiger partial charge in [0.2, 0.25) is 0 Å². The van der Waals surface area contributed by atoms with Crippen molar-refractivity contribution in [1.29, 1.82) is 0 Å². The normalized spacial score (nSPS) is 32.9. The molecule has 144 valence electrons. The van der Waals surface area contributed by atoms with Crippen LogP contribution in [0.1, 0.15) is 57.2 Å². The molecule has 2 nitrogen and oxygen atoms in total. The minimum Gasteiger partial charge on any atom is -0.355 e. The van der Waals surface area contributed by atoms with Crippen molar-refractivity contribution >= 4 is 5.69 Å². The molecule has 1 aromatic rings. The maximum absolute atomic E-state index is 4.60. The summed E-state index contributed by atoms with van der Waals surface area (Å²) in [5, 5.41) is 0. The van der Waals surface area contributed by atoms with E-state index in [1.165, 1.54) is 41.0 Å². The third kappa shape index (κ3) is 3.28. The molecule has 2 fully saturated rings. The Bertz CT molecular complexity index is 654. The summed E-state index contributed by atoms with van der Waals surface area (Å²) >= 11 is 0. The van der Waals surface area contributed by atoms with Crippen LogP contribution in [0.15, 0.2) is 24.5 Å². The highest BCUT2D eigenvalue weighted by Crippen LogP contribution is 2.43. The zero-order chi connectivity index (χ0) is 19.2. The van der Waals surface area contributed by atoms with Crippen molar-refractivity contribution in [3.63, 3.8) is 0 Å². The van der Waals surface area contributed by atoms with E-state index in [0.29, 0.717) is 12.0 Å². The second kappa shape index (κ2) is 7.29. The van der Waals surface area contributed by atoms with Crippen LogP contribution in [0.5, 0.6) is 0 Å². The van der Waals surface area contributed by atoms with Crippen LogP contribution in [0.2, 0.25) is 0 Å². The lowest BCUT2D eigenvalue weighted by atomic mass is 9.66. The molecule has 0 amide bonds. The molecule has 1 aromatic carbocycles. The van der Waals surface area contributed by atoms with E-state index in [4.69, 9.17) is 0 Å². The minimum atomic E-state index is 0.613. The van der Waals surface area contributed by atoms with E-state index in [2.05, 4.69) is 77.0 Å². The van der Waals surface area contributed by atoms with Gasteiger partial charge in [-0.3, -0.25) is 0 Å². The van der Waals surface area contributed by atoms with Crippen LogP contribution in [-0.2, 0) is 0 Å². The third-order valence-electron chi connectivity index (χ3n) is 7.28. The van der Waals surface area contributed by atoms with Crippen LogP contribution < -0.4 is 4.90 Å². The Morgan fingerprint density at radius 1 is 0.885 bits per heavy atom. The number of benzene rings is 1. The summed E-state index contributed by atoms with van der Waals surface area (Å²) in [4.78, 5) is 5.15. The van der Waals surface area contributed by atoms with Crippen molar-refractivity contribution in [1.82, 2.24) is 4.90 Å². The Kier molecular flexibility index (Phi) is 5.42. The predicted molar refractivity (Wildman–Crippen MR) is 114 cm³/mol. The summed E-state index contributed by atoms with van der Waals surface area (Å²) in [6.45, 7) is 23.3. The standard InChI is InChI=1S/C24H38N2/c1-15-12-17(3)23(18(4)13-15)25-10-9-11-26(22(25)8)24-19(5)14-16(2)20(6)21(24)7/h12-13,16,19-21,24H,8-11,14H2,1-7H3. The molecule has 1 heterocycles. The maximum atomic E-state index is 4.60. The molecule has 5 unspecified atom stereocenters. The molecule has 0 N–H and O–H groups in total. The molecule has 1 saturated heterocycles. The zero-order valence-electron chi connectivity index (χ0n) is 18.0. The Morgan fingerprint density at radius 3 is 2.12 bits per heavy atom. The molecule has 2 aliphatic rings. The highest BCUT2D eigenvalue weighted by Gasteiger charge is 2.41. The van der Waals surface area contributed by atoms with Gasteiger partial charge >= 0.3 is 0 Å². The average molecular weight is 355 g/mol. The molecule has 3 rings (SSSR count). The number of hydrogen-bond acceptors (Lipinski definition) is 2. The summed E-state index contributed by atoms with van der Waals surface area (Å²) in [6.07, 6.45) is 2.55. The molecular formula is C24H38N2. The number of anilines is 1. The highest BCUT2D eigenvalue weighted by molar-refractivity contribution is 5.63. The summed E-state index contributed by atoms with van der Waals surface area (Å²) < 4.78 is 0. The molecular weight excluding hydrogens is 316 g/mol. The summed E-state index contributed by atoms with van der Waals surface area (Å²) in [5.41, 5.74) is 5.47. The molecule has 5 atom stereocenters. The summed E-state index contributed by atoms with van der Waals surface area (Å²) in [6, 6.07) is 5.23.